The molecule has 4 aliphatic rings. The van der Waals surface area contributed by atoms with Gasteiger partial charge in [-0.05, 0) is 44.9 Å². The van der Waals surface area contributed by atoms with Crippen molar-refractivity contribution < 1.29 is 17.9 Å². The van der Waals surface area contributed by atoms with Gasteiger partial charge in [0.05, 0.1) is 5.25 Å². The van der Waals surface area contributed by atoms with Gasteiger partial charge in [-0.25, -0.2) is 12.7 Å². The van der Waals surface area contributed by atoms with Gasteiger partial charge in [0.15, 0.2) is 0 Å². The van der Waals surface area contributed by atoms with Crippen LogP contribution in [0.1, 0.15) is 44.9 Å². The standard InChI is InChI=1S/C19H33N3O4S/c1-20(27(24,25)18-4-5-18)10-11-22(16-7-12-26-13-8-16)17-6-9-21(14-17)19(23)15-2-3-15/h15-18H,2-14H2,1H3. The monoisotopic (exact) mass is 399 g/mol. The molecule has 4 rings (SSSR count). The van der Waals surface area contributed by atoms with Crippen molar-refractivity contribution in [2.24, 2.45) is 5.92 Å². The van der Waals surface area contributed by atoms with Crippen LogP contribution in [0.5, 0.6) is 0 Å². The third-order valence-electron chi connectivity index (χ3n) is 6.58. The first-order valence-electron chi connectivity index (χ1n) is 10.5. The lowest BCUT2D eigenvalue weighted by Gasteiger charge is -2.39. The second kappa shape index (κ2) is 7.97. The third kappa shape index (κ3) is 4.49. The summed E-state index contributed by atoms with van der Waals surface area (Å²) in [6.45, 7) is 4.46. The molecule has 2 heterocycles. The van der Waals surface area contributed by atoms with Crippen molar-refractivity contribution in [2.75, 3.05) is 46.4 Å². The number of hydrogen-bond donors (Lipinski definition) is 0. The van der Waals surface area contributed by atoms with E-state index in [1.807, 2.05) is 4.90 Å². The summed E-state index contributed by atoms with van der Waals surface area (Å²) >= 11 is 0. The summed E-state index contributed by atoms with van der Waals surface area (Å²) in [7, 11) is -1.41. The van der Waals surface area contributed by atoms with E-state index in [0.29, 0.717) is 24.5 Å². The van der Waals surface area contributed by atoms with Crippen LogP contribution in [0.25, 0.3) is 0 Å². The smallest absolute Gasteiger partial charge is 0.225 e. The Morgan fingerprint density at radius 1 is 1.00 bits per heavy atom. The van der Waals surface area contributed by atoms with Crippen molar-refractivity contribution in [3.05, 3.63) is 0 Å². The molecule has 27 heavy (non-hydrogen) atoms. The first-order valence-corrected chi connectivity index (χ1v) is 12.0. The molecule has 0 aromatic heterocycles. The summed E-state index contributed by atoms with van der Waals surface area (Å²) in [6, 6.07) is 0.768. The van der Waals surface area contributed by atoms with Gasteiger partial charge in [-0.1, -0.05) is 0 Å². The van der Waals surface area contributed by atoms with Crippen LogP contribution in [-0.2, 0) is 19.6 Å². The van der Waals surface area contributed by atoms with E-state index in [2.05, 4.69) is 4.90 Å². The molecule has 2 saturated carbocycles. The van der Waals surface area contributed by atoms with Gasteiger partial charge in [-0.15, -0.1) is 0 Å². The summed E-state index contributed by atoms with van der Waals surface area (Å²) in [6.07, 6.45) is 6.68. The van der Waals surface area contributed by atoms with Crippen LogP contribution >= 0.6 is 0 Å². The molecule has 2 aliphatic carbocycles. The van der Waals surface area contributed by atoms with Crippen LogP contribution in [0.2, 0.25) is 0 Å². The lowest BCUT2D eigenvalue weighted by atomic mass is 10.0. The Hall–Kier alpha value is -0.700. The normalized spacial score (nSPS) is 27.7. The highest BCUT2D eigenvalue weighted by molar-refractivity contribution is 7.90. The molecule has 1 amide bonds. The molecule has 2 saturated heterocycles. The Morgan fingerprint density at radius 2 is 1.70 bits per heavy atom. The highest BCUT2D eigenvalue weighted by atomic mass is 32.2. The van der Waals surface area contributed by atoms with Gasteiger partial charge in [-0.2, -0.15) is 0 Å². The number of likely N-dealkylation sites (N-methyl/N-ethyl adjacent to an activating group) is 1. The number of likely N-dealkylation sites (tertiary alicyclic amines) is 1. The van der Waals surface area contributed by atoms with Crippen molar-refractivity contribution in [2.45, 2.75) is 62.3 Å². The molecule has 154 valence electrons. The number of nitrogens with zero attached hydrogens (tertiary/aromatic N) is 3. The number of rotatable bonds is 8. The number of ether oxygens (including phenoxy) is 1. The van der Waals surface area contributed by atoms with Gasteiger partial charge >= 0.3 is 0 Å². The molecule has 8 heteroatoms. The summed E-state index contributed by atoms with van der Waals surface area (Å²) < 4.78 is 32.0. The molecule has 0 aromatic carbocycles. The Bertz CT molecular complexity index is 641. The second-order valence-corrected chi connectivity index (χ2v) is 11.0. The Labute approximate surface area is 163 Å². The van der Waals surface area contributed by atoms with E-state index in [4.69, 9.17) is 4.74 Å². The number of hydrogen-bond acceptors (Lipinski definition) is 5. The molecule has 0 aromatic rings. The van der Waals surface area contributed by atoms with E-state index in [1.54, 1.807) is 11.4 Å². The van der Waals surface area contributed by atoms with E-state index in [1.165, 1.54) is 0 Å². The topological polar surface area (TPSA) is 70.2 Å². The molecule has 0 bridgehead atoms. The van der Waals surface area contributed by atoms with E-state index in [0.717, 1.165) is 77.8 Å². The highest BCUT2D eigenvalue weighted by Gasteiger charge is 2.41. The molecule has 1 unspecified atom stereocenters. The fourth-order valence-corrected chi connectivity index (χ4v) is 6.06. The maximum Gasteiger partial charge on any atom is 0.225 e. The van der Waals surface area contributed by atoms with Crippen LogP contribution < -0.4 is 0 Å². The molecule has 1 atom stereocenters. The highest BCUT2D eigenvalue weighted by Crippen LogP contribution is 2.33. The minimum atomic E-state index is -3.13. The fraction of sp³-hybridized carbons (Fsp3) is 0.947. The van der Waals surface area contributed by atoms with Gasteiger partial charge < -0.3 is 9.64 Å². The van der Waals surface area contributed by atoms with Crippen molar-refractivity contribution in [3.8, 4) is 0 Å². The predicted octanol–water partition coefficient (Wildman–Crippen LogP) is 0.902. The summed E-state index contributed by atoms with van der Waals surface area (Å²) in [5.41, 5.74) is 0. The van der Waals surface area contributed by atoms with Crippen LogP contribution in [0.3, 0.4) is 0 Å². The van der Waals surface area contributed by atoms with Crippen molar-refractivity contribution >= 4 is 15.9 Å². The van der Waals surface area contributed by atoms with E-state index < -0.39 is 10.0 Å². The number of carbonyl (C=O) groups excluding carboxylic acids is 1. The SMILES string of the molecule is CN(CCN(C1CCOCC1)C1CCN(C(=O)C2CC2)C1)S(=O)(=O)C1CC1. The Balaban J connectivity index is 1.38. The lowest BCUT2D eigenvalue weighted by Crippen LogP contribution is -2.50. The molecule has 7 nitrogen and oxygen atoms in total. The molecule has 0 N–H and O–H groups in total. The quantitative estimate of drug-likeness (QED) is 0.607. The van der Waals surface area contributed by atoms with Crippen molar-refractivity contribution in [1.29, 1.82) is 0 Å². The van der Waals surface area contributed by atoms with Crippen LogP contribution in [-0.4, -0.2) is 92.2 Å². The van der Waals surface area contributed by atoms with Crippen LogP contribution in [0.4, 0.5) is 0 Å². The maximum atomic E-state index is 12.5. The Kier molecular flexibility index (Phi) is 5.79. The fourth-order valence-electron chi connectivity index (χ4n) is 4.49. The number of carbonyl (C=O) groups is 1. The van der Waals surface area contributed by atoms with Gasteiger partial charge in [-0.3, -0.25) is 9.69 Å². The van der Waals surface area contributed by atoms with Crippen molar-refractivity contribution in [3.63, 3.8) is 0 Å². The first kappa shape index (κ1) is 19.6. The molecular formula is C19H33N3O4S. The predicted molar refractivity (Wildman–Crippen MR) is 103 cm³/mol. The minimum Gasteiger partial charge on any atom is -0.381 e. The summed E-state index contributed by atoms with van der Waals surface area (Å²) in [4.78, 5) is 17.0. The zero-order valence-electron chi connectivity index (χ0n) is 16.4. The van der Waals surface area contributed by atoms with Crippen LogP contribution in [0.15, 0.2) is 0 Å². The van der Waals surface area contributed by atoms with Crippen molar-refractivity contribution in [1.82, 2.24) is 14.1 Å². The first-order chi connectivity index (χ1) is 13.0. The summed E-state index contributed by atoms with van der Waals surface area (Å²) in [5.74, 6) is 0.605. The summed E-state index contributed by atoms with van der Waals surface area (Å²) in [5, 5.41) is -0.155. The molecule has 2 aliphatic heterocycles. The molecular weight excluding hydrogens is 366 g/mol. The Morgan fingerprint density at radius 3 is 2.33 bits per heavy atom. The van der Waals surface area contributed by atoms with E-state index in [-0.39, 0.29) is 11.2 Å². The lowest BCUT2D eigenvalue weighted by molar-refractivity contribution is -0.131. The van der Waals surface area contributed by atoms with Crippen LogP contribution in [0, 0.1) is 5.92 Å². The second-order valence-electron chi connectivity index (χ2n) is 8.65. The molecule has 0 radical (unpaired) electrons. The van der Waals surface area contributed by atoms with Gasteiger partial charge in [0.2, 0.25) is 15.9 Å². The number of sulfonamides is 1. The van der Waals surface area contributed by atoms with E-state index in [9.17, 15) is 13.2 Å². The molecule has 0 spiro atoms. The number of amides is 1. The average molecular weight is 400 g/mol. The maximum absolute atomic E-state index is 12.5. The zero-order chi connectivity index (χ0) is 19.0. The van der Waals surface area contributed by atoms with Gasteiger partial charge in [0, 0.05) is 64.4 Å². The third-order valence-corrected chi connectivity index (χ3v) is 8.95. The van der Waals surface area contributed by atoms with Gasteiger partial charge in [0.1, 0.15) is 0 Å². The largest absolute Gasteiger partial charge is 0.381 e. The zero-order valence-corrected chi connectivity index (χ0v) is 17.2. The minimum absolute atomic E-state index is 0.155. The van der Waals surface area contributed by atoms with E-state index >= 15 is 0 Å². The van der Waals surface area contributed by atoms with Gasteiger partial charge in [0.25, 0.3) is 0 Å². The molecule has 4 fully saturated rings. The average Bonchev–Trinajstić information content (AvgIpc) is 3.59.